The van der Waals surface area contributed by atoms with Crippen molar-refractivity contribution in [3.05, 3.63) is 65.9 Å². The molecule has 1 aliphatic rings. The molecule has 0 spiro atoms. The number of hydrogen-bond acceptors (Lipinski definition) is 3. The van der Waals surface area contributed by atoms with E-state index in [1.165, 1.54) is 0 Å². The predicted molar refractivity (Wildman–Crippen MR) is 116 cm³/mol. The zero-order valence-corrected chi connectivity index (χ0v) is 16.6. The molecule has 1 unspecified atom stereocenters. The fourth-order valence-corrected chi connectivity index (χ4v) is 3.67. The molecule has 0 bridgehead atoms. The number of hydrogen-bond donors (Lipinski definition) is 3. The summed E-state index contributed by atoms with van der Waals surface area (Å²) < 4.78 is 5.87. The van der Waals surface area contributed by atoms with Crippen molar-refractivity contribution in [3.8, 4) is 0 Å². The van der Waals surface area contributed by atoms with E-state index in [2.05, 4.69) is 34.1 Å². The molecule has 1 amide bonds. The van der Waals surface area contributed by atoms with E-state index in [4.69, 9.17) is 9.41 Å². The van der Waals surface area contributed by atoms with Crippen molar-refractivity contribution < 1.29 is 9.21 Å². The van der Waals surface area contributed by atoms with E-state index >= 15 is 0 Å². The summed E-state index contributed by atoms with van der Waals surface area (Å²) in [5, 5.41) is 10.7. The molecule has 0 fully saturated rings. The van der Waals surface area contributed by atoms with Gasteiger partial charge in [-0.25, -0.2) is 0 Å². The van der Waals surface area contributed by atoms with Gasteiger partial charge in [0.05, 0.1) is 6.54 Å². The number of benzene rings is 2. The first-order valence-electron chi connectivity index (χ1n) is 10.1. The van der Waals surface area contributed by atoms with Gasteiger partial charge in [-0.05, 0) is 30.7 Å². The normalized spacial score (nSPS) is 16.4. The van der Waals surface area contributed by atoms with E-state index in [9.17, 15) is 4.79 Å². The number of nitrogens with zero attached hydrogens (tertiary/aromatic N) is 1. The van der Waals surface area contributed by atoms with Crippen LogP contribution in [0.2, 0.25) is 0 Å². The Hall–Kier alpha value is -3.28. The minimum absolute atomic E-state index is 0.0479. The van der Waals surface area contributed by atoms with Crippen LogP contribution in [-0.4, -0.2) is 31.5 Å². The summed E-state index contributed by atoms with van der Waals surface area (Å²) in [7, 11) is 0. The molecule has 4 rings (SSSR count). The lowest BCUT2D eigenvalue weighted by Crippen LogP contribution is -2.38. The quantitative estimate of drug-likeness (QED) is 0.443. The van der Waals surface area contributed by atoms with Crippen molar-refractivity contribution in [2.24, 2.45) is 4.99 Å². The molecule has 150 valence electrons. The van der Waals surface area contributed by atoms with Crippen LogP contribution in [0.5, 0.6) is 0 Å². The van der Waals surface area contributed by atoms with Crippen LogP contribution in [0.1, 0.15) is 30.6 Å². The van der Waals surface area contributed by atoms with Gasteiger partial charge in [-0.3, -0.25) is 9.79 Å². The Kier molecular flexibility index (Phi) is 5.79. The van der Waals surface area contributed by atoms with Crippen molar-refractivity contribution in [3.63, 3.8) is 0 Å². The van der Waals surface area contributed by atoms with Crippen molar-refractivity contribution in [2.45, 2.75) is 25.7 Å². The van der Waals surface area contributed by atoms with Crippen molar-refractivity contribution in [1.82, 2.24) is 10.6 Å². The first kappa shape index (κ1) is 19.1. The molecule has 6 heteroatoms. The fraction of sp³-hybridized carbons (Fsp3) is 0.304. The highest BCUT2D eigenvalue weighted by atomic mass is 16.3. The molecule has 1 atom stereocenters. The van der Waals surface area contributed by atoms with Crippen LogP contribution in [0, 0.1) is 0 Å². The van der Waals surface area contributed by atoms with Crippen molar-refractivity contribution >= 4 is 28.5 Å². The topological polar surface area (TPSA) is 78.7 Å². The van der Waals surface area contributed by atoms with Crippen LogP contribution >= 0.6 is 0 Å². The highest BCUT2D eigenvalue weighted by molar-refractivity contribution is 5.94. The fourth-order valence-electron chi connectivity index (χ4n) is 3.67. The summed E-state index contributed by atoms with van der Waals surface area (Å²) in [5.41, 5.74) is 2.96. The summed E-state index contributed by atoms with van der Waals surface area (Å²) in [5.74, 6) is 1.84. The van der Waals surface area contributed by atoms with Crippen LogP contribution < -0.4 is 16.0 Å². The van der Waals surface area contributed by atoms with Crippen LogP contribution in [0.25, 0.3) is 11.0 Å². The van der Waals surface area contributed by atoms with Gasteiger partial charge in [-0.15, -0.1) is 0 Å². The Bertz CT molecular complexity index is 991. The molecule has 0 saturated carbocycles. The largest absolute Gasteiger partial charge is 0.461 e. The van der Waals surface area contributed by atoms with Crippen LogP contribution in [0.3, 0.4) is 0 Å². The molecule has 2 heterocycles. The third-order valence-electron chi connectivity index (χ3n) is 5.06. The standard InChI is InChI=1S/C23H26N4O2/c1-2-24-23(25-12-11-18-13-16-7-3-6-10-21(16)29-18)26-15-17-14-22(28)27-20-9-5-4-8-19(17)20/h3-10,13,17H,2,11-12,14-15H2,1H3,(H,27,28)(H2,24,25,26). The number of furan rings is 1. The zero-order valence-electron chi connectivity index (χ0n) is 16.6. The van der Waals surface area contributed by atoms with Gasteiger partial charge in [0.15, 0.2) is 5.96 Å². The number of rotatable bonds is 6. The number of anilines is 1. The van der Waals surface area contributed by atoms with Gasteiger partial charge in [0, 0.05) is 42.9 Å². The number of carbonyl (C=O) groups is 1. The highest BCUT2D eigenvalue weighted by Gasteiger charge is 2.24. The lowest BCUT2D eigenvalue weighted by atomic mass is 9.91. The third-order valence-corrected chi connectivity index (χ3v) is 5.06. The summed E-state index contributed by atoms with van der Waals surface area (Å²) in [6, 6.07) is 18.1. The highest BCUT2D eigenvalue weighted by Crippen LogP contribution is 2.31. The number of fused-ring (bicyclic) bond motifs is 2. The zero-order chi connectivity index (χ0) is 20.1. The van der Waals surface area contributed by atoms with E-state index in [0.29, 0.717) is 19.5 Å². The second-order valence-electron chi connectivity index (χ2n) is 7.18. The Morgan fingerprint density at radius 3 is 2.86 bits per heavy atom. The minimum atomic E-state index is 0.0479. The molecule has 6 nitrogen and oxygen atoms in total. The Morgan fingerprint density at radius 2 is 2.00 bits per heavy atom. The van der Waals surface area contributed by atoms with Gasteiger partial charge >= 0.3 is 0 Å². The molecule has 0 saturated heterocycles. The second-order valence-corrected chi connectivity index (χ2v) is 7.18. The van der Waals surface area contributed by atoms with Gasteiger partial charge in [0.25, 0.3) is 0 Å². The minimum Gasteiger partial charge on any atom is -0.461 e. The number of aliphatic imine (C=N–C) groups is 1. The van der Waals surface area contributed by atoms with E-state index in [1.807, 2.05) is 43.3 Å². The lowest BCUT2D eigenvalue weighted by molar-refractivity contribution is -0.116. The molecule has 1 aromatic heterocycles. The van der Waals surface area contributed by atoms with E-state index < -0.39 is 0 Å². The molecular formula is C23H26N4O2. The van der Waals surface area contributed by atoms with E-state index in [0.717, 1.165) is 46.9 Å². The van der Waals surface area contributed by atoms with E-state index in [1.54, 1.807) is 0 Å². The van der Waals surface area contributed by atoms with Crippen molar-refractivity contribution in [1.29, 1.82) is 0 Å². The molecule has 2 aromatic carbocycles. The third kappa shape index (κ3) is 4.59. The molecule has 29 heavy (non-hydrogen) atoms. The number of guanidine groups is 1. The predicted octanol–water partition coefficient (Wildman–Crippen LogP) is 3.66. The van der Waals surface area contributed by atoms with Crippen LogP contribution in [-0.2, 0) is 11.2 Å². The number of para-hydroxylation sites is 2. The first-order valence-corrected chi connectivity index (χ1v) is 10.1. The molecule has 0 aliphatic carbocycles. The Balaban J connectivity index is 1.38. The molecule has 3 aromatic rings. The Labute approximate surface area is 170 Å². The molecule has 0 radical (unpaired) electrons. The first-order chi connectivity index (χ1) is 14.2. The maximum absolute atomic E-state index is 12.0. The number of nitrogens with one attached hydrogen (secondary N) is 3. The van der Waals surface area contributed by atoms with Crippen LogP contribution in [0.4, 0.5) is 5.69 Å². The number of carbonyl (C=O) groups excluding carboxylic acids is 1. The Morgan fingerprint density at radius 1 is 1.17 bits per heavy atom. The van der Waals surface area contributed by atoms with Crippen LogP contribution in [0.15, 0.2) is 64.0 Å². The summed E-state index contributed by atoms with van der Waals surface area (Å²) in [6.07, 6.45) is 1.23. The number of amides is 1. The summed E-state index contributed by atoms with van der Waals surface area (Å²) >= 11 is 0. The van der Waals surface area contributed by atoms with Gasteiger partial charge in [-0.1, -0.05) is 36.4 Å². The van der Waals surface area contributed by atoms with Gasteiger partial charge in [0.1, 0.15) is 11.3 Å². The lowest BCUT2D eigenvalue weighted by Gasteiger charge is -2.24. The molecule has 1 aliphatic heterocycles. The molecular weight excluding hydrogens is 364 g/mol. The van der Waals surface area contributed by atoms with Gasteiger partial charge in [0.2, 0.25) is 5.91 Å². The SMILES string of the molecule is CCNC(=NCC1CC(=O)Nc2ccccc21)NCCc1cc2ccccc2o1. The van der Waals surface area contributed by atoms with Gasteiger partial charge in [-0.2, -0.15) is 0 Å². The smallest absolute Gasteiger partial charge is 0.225 e. The summed E-state index contributed by atoms with van der Waals surface area (Å²) in [4.78, 5) is 16.7. The van der Waals surface area contributed by atoms with Crippen molar-refractivity contribution in [2.75, 3.05) is 25.0 Å². The average Bonchev–Trinajstić information content (AvgIpc) is 3.14. The monoisotopic (exact) mass is 390 g/mol. The van der Waals surface area contributed by atoms with Gasteiger partial charge < -0.3 is 20.4 Å². The maximum Gasteiger partial charge on any atom is 0.225 e. The molecule has 3 N–H and O–H groups in total. The second kappa shape index (κ2) is 8.82. The average molecular weight is 390 g/mol. The van der Waals surface area contributed by atoms with E-state index in [-0.39, 0.29) is 11.8 Å². The maximum atomic E-state index is 12.0. The summed E-state index contributed by atoms with van der Waals surface area (Å²) in [6.45, 7) is 4.09.